The van der Waals surface area contributed by atoms with E-state index in [1.807, 2.05) is 6.92 Å². The predicted molar refractivity (Wildman–Crippen MR) is 76.0 cm³/mol. The van der Waals surface area contributed by atoms with E-state index in [0.29, 0.717) is 29.3 Å². The van der Waals surface area contributed by atoms with E-state index >= 15 is 0 Å². The number of benzene rings is 1. The average Bonchev–Trinajstić information content (AvgIpc) is 2.79. The first-order valence-electron chi connectivity index (χ1n) is 6.00. The number of nitrogens with zero attached hydrogens (tertiary/aromatic N) is 3. The third-order valence-corrected chi connectivity index (χ3v) is 2.84. The predicted octanol–water partition coefficient (Wildman–Crippen LogP) is 2.90. The summed E-state index contributed by atoms with van der Waals surface area (Å²) in [6, 6.07) is 6.99. The molecule has 0 atom stereocenters. The average molecular weight is 292 g/mol. The summed E-state index contributed by atoms with van der Waals surface area (Å²) in [5, 5.41) is 8.38. The molecule has 1 aromatic carbocycles. The molecule has 2 aromatic rings. The quantitative estimate of drug-likeness (QED) is 0.606. The summed E-state index contributed by atoms with van der Waals surface area (Å²) in [5.74, 6) is 0.661. The Morgan fingerprint density at radius 1 is 1.45 bits per heavy atom. The first-order chi connectivity index (χ1) is 9.60. The second-order valence-electron chi connectivity index (χ2n) is 4.40. The molecule has 1 heterocycles. The van der Waals surface area contributed by atoms with Crippen molar-refractivity contribution in [2.24, 2.45) is 0 Å². The minimum Gasteiger partial charge on any atom is -0.487 e. The number of carbonyl (C=O) groups is 1. The maximum atomic E-state index is 11.0. The summed E-state index contributed by atoms with van der Waals surface area (Å²) in [6.45, 7) is 6.41. The zero-order valence-corrected chi connectivity index (χ0v) is 11.8. The highest BCUT2D eigenvalue weighted by Gasteiger charge is 2.13. The highest BCUT2D eigenvalue weighted by atomic mass is 35.5. The van der Waals surface area contributed by atoms with Gasteiger partial charge in [0.05, 0.1) is 6.54 Å². The molecule has 0 fully saturated rings. The van der Waals surface area contributed by atoms with Crippen LogP contribution < -0.4 is 4.74 Å². The fourth-order valence-electron chi connectivity index (χ4n) is 1.65. The largest absolute Gasteiger partial charge is 0.487 e. The normalized spacial score (nSPS) is 10.3. The molecular formula is C14H14ClN3O2. The van der Waals surface area contributed by atoms with Crippen LogP contribution in [0.5, 0.6) is 5.75 Å². The van der Waals surface area contributed by atoms with Gasteiger partial charge in [-0.15, -0.1) is 5.10 Å². The molecule has 5 nitrogen and oxygen atoms in total. The molecule has 0 saturated heterocycles. The number of ether oxygens (including phenoxy) is 1. The Labute approximate surface area is 121 Å². The lowest BCUT2D eigenvalue weighted by atomic mass is 10.3. The summed E-state index contributed by atoms with van der Waals surface area (Å²) in [4.78, 5) is 11.0. The van der Waals surface area contributed by atoms with Gasteiger partial charge in [0.15, 0.2) is 12.0 Å². The van der Waals surface area contributed by atoms with E-state index in [0.717, 1.165) is 5.57 Å². The van der Waals surface area contributed by atoms with Crippen LogP contribution in [0.2, 0.25) is 5.02 Å². The lowest BCUT2D eigenvalue weighted by molar-refractivity contribution is 0.111. The van der Waals surface area contributed by atoms with Gasteiger partial charge in [-0.25, -0.2) is 4.68 Å². The number of halogens is 1. The lowest BCUT2D eigenvalue weighted by Crippen LogP contribution is -2.10. The molecule has 104 valence electrons. The zero-order chi connectivity index (χ0) is 14.5. The van der Waals surface area contributed by atoms with E-state index in [1.54, 1.807) is 28.9 Å². The van der Waals surface area contributed by atoms with Crippen LogP contribution in [0, 0.1) is 0 Å². The molecule has 0 aliphatic rings. The molecule has 6 heteroatoms. The molecule has 0 spiro atoms. The first kappa shape index (κ1) is 14.3. The lowest BCUT2D eigenvalue weighted by Gasteiger charge is -2.09. The highest BCUT2D eigenvalue weighted by Crippen LogP contribution is 2.17. The second kappa shape index (κ2) is 6.34. The number of aromatic nitrogens is 3. The number of allylic oxidation sites excluding steroid dienone is 1. The van der Waals surface area contributed by atoms with Crippen molar-refractivity contribution < 1.29 is 9.53 Å². The Kier molecular flexibility index (Phi) is 4.53. The van der Waals surface area contributed by atoms with Crippen molar-refractivity contribution in [3.63, 3.8) is 0 Å². The van der Waals surface area contributed by atoms with Crippen molar-refractivity contribution in [1.29, 1.82) is 0 Å². The van der Waals surface area contributed by atoms with Gasteiger partial charge in [0.25, 0.3) is 0 Å². The fraction of sp³-hybridized carbons (Fsp3) is 0.214. The third-order valence-electron chi connectivity index (χ3n) is 2.59. The van der Waals surface area contributed by atoms with Crippen LogP contribution in [-0.2, 0) is 13.2 Å². The van der Waals surface area contributed by atoms with Crippen LogP contribution in [0.25, 0.3) is 0 Å². The van der Waals surface area contributed by atoms with E-state index in [9.17, 15) is 4.79 Å². The van der Waals surface area contributed by atoms with Crippen molar-refractivity contribution in [3.05, 3.63) is 52.8 Å². The van der Waals surface area contributed by atoms with Crippen molar-refractivity contribution in [2.45, 2.75) is 20.1 Å². The molecule has 0 bridgehead atoms. The zero-order valence-electron chi connectivity index (χ0n) is 11.0. The van der Waals surface area contributed by atoms with Gasteiger partial charge in [0.1, 0.15) is 18.1 Å². The van der Waals surface area contributed by atoms with Gasteiger partial charge in [-0.3, -0.25) is 4.79 Å². The van der Waals surface area contributed by atoms with Gasteiger partial charge in [-0.05, 0) is 31.2 Å². The molecule has 0 N–H and O–H groups in total. The molecule has 1 aromatic heterocycles. The van der Waals surface area contributed by atoms with Crippen molar-refractivity contribution in [2.75, 3.05) is 0 Å². The Morgan fingerprint density at radius 2 is 2.15 bits per heavy atom. The number of rotatable bonds is 6. The molecule has 0 radical (unpaired) electrons. The van der Waals surface area contributed by atoms with Crippen molar-refractivity contribution in [1.82, 2.24) is 15.0 Å². The van der Waals surface area contributed by atoms with Gasteiger partial charge in [-0.1, -0.05) is 29.0 Å². The van der Waals surface area contributed by atoms with Crippen LogP contribution in [0.4, 0.5) is 0 Å². The maximum Gasteiger partial charge on any atom is 0.172 e. The summed E-state index contributed by atoms with van der Waals surface area (Å²) in [5.41, 5.74) is 1.82. The van der Waals surface area contributed by atoms with E-state index in [4.69, 9.17) is 16.3 Å². The molecular weight excluding hydrogens is 278 g/mol. The van der Waals surface area contributed by atoms with Crippen molar-refractivity contribution >= 4 is 17.9 Å². The number of hydrogen-bond acceptors (Lipinski definition) is 4. The molecule has 0 aliphatic heterocycles. The summed E-state index contributed by atoms with van der Waals surface area (Å²) >= 11 is 5.81. The maximum absolute atomic E-state index is 11.0. The van der Waals surface area contributed by atoms with Gasteiger partial charge >= 0.3 is 0 Å². The van der Waals surface area contributed by atoms with Crippen LogP contribution in [0.3, 0.4) is 0 Å². The molecule has 0 aliphatic carbocycles. The third kappa shape index (κ3) is 3.45. The van der Waals surface area contributed by atoms with Gasteiger partial charge in [0, 0.05) is 5.02 Å². The van der Waals surface area contributed by atoms with Gasteiger partial charge in [0.2, 0.25) is 0 Å². The van der Waals surface area contributed by atoms with Crippen LogP contribution in [0.1, 0.15) is 23.1 Å². The van der Waals surface area contributed by atoms with Crippen LogP contribution in [-0.4, -0.2) is 21.3 Å². The first-order valence-corrected chi connectivity index (χ1v) is 6.38. The smallest absolute Gasteiger partial charge is 0.172 e. The van der Waals surface area contributed by atoms with E-state index in [-0.39, 0.29) is 12.3 Å². The Morgan fingerprint density at radius 3 is 2.75 bits per heavy atom. The number of aldehydes is 1. The Bertz CT molecular complexity index is 620. The summed E-state index contributed by atoms with van der Waals surface area (Å²) in [6.07, 6.45) is 0.669. The molecule has 2 rings (SSSR count). The molecule has 0 unspecified atom stereocenters. The highest BCUT2D eigenvalue weighted by molar-refractivity contribution is 6.30. The summed E-state index contributed by atoms with van der Waals surface area (Å²) in [7, 11) is 0. The minimum absolute atomic E-state index is 0.204. The topological polar surface area (TPSA) is 57.0 Å². The van der Waals surface area contributed by atoms with Crippen LogP contribution >= 0.6 is 11.6 Å². The van der Waals surface area contributed by atoms with Gasteiger partial charge in [-0.2, -0.15) is 0 Å². The fourth-order valence-corrected chi connectivity index (χ4v) is 1.78. The second-order valence-corrected chi connectivity index (χ2v) is 4.83. The van der Waals surface area contributed by atoms with Gasteiger partial charge < -0.3 is 4.74 Å². The van der Waals surface area contributed by atoms with E-state index < -0.39 is 0 Å². The van der Waals surface area contributed by atoms with E-state index in [2.05, 4.69) is 16.9 Å². The Balaban J connectivity index is 2.14. The Hall–Kier alpha value is -2.14. The SMILES string of the molecule is C=C(C)Cn1nnc(C=O)c1COc1ccc(Cl)cc1. The molecule has 20 heavy (non-hydrogen) atoms. The van der Waals surface area contributed by atoms with Crippen LogP contribution in [0.15, 0.2) is 36.4 Å². The summed E-state index contributed by atoms with van der Waals surface area (Å²) < 4.78 is 7.24. The van der Waals surface area contributed by atoms with Crippen molar-refractivity contribution in [3.8, 4) is 5.75 Å². The standard InChI is InChI=1S/C14H14ClN3O2/c1-10(2)7-18-14(13(8-19)16-17-18)9-20-12-5-3-11(15)4-6-12/h3-6,8H,1,7,9H2,2H3. The monoisotopic (exact) mass is 291 g/mol. The number of carbonyl (C=O) groups excluding carboxylic acids is 1. The molecule has 0 amide bonds. The van der Waals surface area contributed by atoms with E-state index in [1.165, 1.54) is 0 Å². The number of hydrogen-bond donors (Lipinski definition) is 0. The molecule has 0 saturated carbocycles. The minimum atomic E-state index is 0.204.